The molecule has 0 aliphatic carbocycles. The molecule has 0 amide bonds. The summed E-state index contributed by atoms with van der Waals surface area (Å²) >= 11 is 6.16. The van der Waals surface area contributed by atoms with Crippen molar-refractivity contribution in [3.63, 3.8) is 0 Å². The topological polar surface area (TPSA) is 77.0 Å². The fraction of sp³-hybridized carbons (Fsp3) is 0.588. The molecule has 0 radical (unpaired) electrons. The van der Waals surface area contributed by atoms with E-state index in [0.29, 0.717) is 11.5 Å². The number of carbonyl (C=O) groups is 1. The average Bonchev–Trinajstić information content (AvgIpc) is 2.52. The van der Waals surface area contributed by atoms with Gasteiger partial charge in [0.05, 0.1) is 37.0 Å². The van der Waals surface area contributed by atoms with Crippen LogP contribution in [0.4, 0.5) is 0 Å². The summed E-state index contributed by atoms with van der Waals surface area (Å²) in [6, 6.07) is 1.46. The van der Waals surface area contributed by atoms with Gasteiger partial charge in [-0.05, 0) is 32.9 Å². The molecule has 0 saturated carbocycles. The lowest BCUT2D eigenvalue weighted by Crippen LogP contribution is -2.37. The highest BCUT2D eigenvalue weighted by Crippen LogP contribution is 2.40. The summed E-state index contributed by atoms with van der Waals surface area (Å²) in [4.78, 5) is 11.7. The fourth-order valence-corrected chi connectivity index (χ4v) is 2.66. The fourth-order valence-electron chi connectivity index (χ4n) is 2.42. The summed E-state index contributed by atoms with van der Waals surface area (Å²) < 4.78 is 15.6. The maximum absolute atomic E-state index is 11.7. The second-order valence-corrected chi connectivity index (χ2v) is 6.43. The number of phenolic OH excluding ortho intramolecular Hbond substituents is 1. The number of aromatic hydroxyl groups is 1. The van der Waals surface area contributed by atoms with Crippen LogP contribution in [0.15, 0.2) is 6.07 Å². The molecular formula is C17H24ClNO5. The van der Waals surface area contributed by atoms with Crippen LogP contribution in [0.5, 0.6) is 11.5 Å². The Kier molecular flexibility index (Phi) is 6.71. The maximum atomic E-state index is 11.7. The third-order valence-electron chi connectivity index (χ3n) is 4.05. The molecule has 0 aromatic heterocycles. The van der Waals surface area contributed by atoms with Gasteiger partial charge >= 0.3 is 5.97 Å². The van der Waals surface area contributed by atoms with Gasteiger partial charge in [-0.1, -0.05) is 11.6 Å². The first-order valence-electron chi connectivity index (χ1n) is 7.99. The molecule has 6 nitrogen and oxygen atoms in total. The summed E-state index contributed by atoms with van der Waals surface area (Å²) in [5, 5.41) is 13.8. The molecule has 0 spiro atoms. The molecule has 1 saturated heterocycles. The highest BCUT2D eigenvalue weighted by Gasteiger charge is 2.21. The molecule has 1 heterocycles. The van der Waals surface area contributed by atoms with Crippen LogP contribution in [-0.2, 0) is 9.47 Å². The molecule has 0 bridgehead atoms. The third kappa shape index (κ3) is 4.53. The van der Waals surface area contributed by atoms with Crippen LogP contribution in [-0.4, -0.2) is 50.6 Å². The van der Waals surface area contributed by atoms with E-state index in [0.717, 1.165) is 32.7 Å². The lowest BCUT2D eigenvalue weighted by Gasteiger charge is -2.26. The number of esters is 1. The third-order valence-corrected chi connectivity index (χ3v) is 4.34. The molecule has 134 valence electrons. The minimum atomic E-state index is -0.548. The molecule has 1 aliphatic rings. The van der Waals surface area contributed by atoms with Crippen molar-refractivity contribution in [3.05, 3.63) is 22.2 Å². The van der Waals surface area contributed by atoms with Crippen molar-refractivity contribution in [1.82, 2.24) is 5.32 Å². The van der Waals surface area contributed by atoms with Gasteiger partial charge in [0.25, 0.3) is 0 Å². The van der Waals surface area contributed by atoms with Crippen LogP contribution < -0.4 is 10.1 Å². The monoisotopic (exact) mass is 357 g/mol. The number of hydrogen-bond donors (Lipinski definition) is 2. The average molecular weight is 358 g/mol. The second kappa shape index (κ2) is 8.55. The van der Waals surface area contributed by atoms with E-state index < -0.39 is 5.97 Å². The smallest absolute Gasteiger partial charge is 0.338 e. The minimum absolute atomic E-state index is 0.130. The molecule has 2 N–H and O–H groups in total. The SMILES string of the molecule is COC(=O)c1cc(Cl)c(OC(C)CCNCC2COC2)c(O)c1C. The standard InChI is InChI=1S/C17H24ClNO5/c1-10(4-5-19-7-12-8-23-9-12)24-16-14(18)6-13(17(21)22-3)11(2)15(16)20/h6,10,12,19-20H,4-5,7-9H2,1-3H3. The first-order valence-corrected chi connectivity index (χ1v) is 8.37. The Labute approximate surface area is 147 Å². The van der Waals surface area contributed by atoms with Crippen LogP contribution in [0.3, 0.4) is 0 Å². The van der Waals surface area contributed by atoms with E-state index in [1.54, 1.807) is 6.92 Å². The Bertz CT molecular complexity index is 589. The molecule has 7 heteroatoms. The van der Waals surface area contributed by atoms with Gasteiger partial charge in [-0.25, -0.2) is 4.79 Å². The quantitative estimate of drug-likeness (QED) is 0.550. The number of rotatable bonds is 8. The van der Waals surface area contributed by atoms with E-state index in [1.165, 1.54) is 13.2 Å². The molecule has 2 rings (SSSR count). The molecule has 1 aromatic rings. The molecule has 24 heavy (non-hydrogen) atoms. The summed E-state index contributed by atoms with van der Waals surface area (Å²) in [5.41, 5.74) is 0.612. The first kappa shape index (κ1) is 18.8. The number of nitrogens with one attached hydrogen (secondary N) is 1. The summed E-state index contributed by atoms with van der Waals surface area (Å²) in [6.45, 7) is 6.93. The normalized spacial score (nSPS) is 15.7. The van der Waals surface area contributed by atoms with Crippen molar-refractivity contribution in [2.24, 2.45) is 5.92 Å². The van der Waals surface area contributed by atoms with Crippen molar-refractivity contribution in [2.75, 3.05) is 33.4 Å². The Balaban J connectivity index is 1.93. The van der Waals surface area contributed by atoms with Crippen molar-refractivity contribution in [1.29, 1.82) is 0 Å². The van der Waals surface area contributed by atoms with Gasteiger partial charge in [0, 0.05) is 18.0 Å². The molecule has 1 fully saturated rings. The van der Waals surface area contributed by atoms with E-state index in [1.807, 2.05) is 6.92 Å². The van der Waals surface area contributed by atoms with Crippen LogP contribution in [0.2, 0.25) is 5.02 Å². The van der Waals surface area contributed by atoms with E-state index >= 15 is 0 Å². The van der Waals surface area contributed by atoms with Crippen LogP contribution >= 0.6 is 11.6 Å². The zero-order valence-corrected chi connectivity index (χ0v) is 15.0. The summed E-state index contributed by atoms with van der Waals surface area (Å²) in [7, 11) is 1.28. The summed E-state index contributed by atoms with van der Waals surface area (Å²) in [6.07, 6.45) is 0.628. The van der Waals surface area contributed by atoms with E-state index in [-0.39, 0.29) is 28.2 Å². The van der Waals surface area contributed by atoms with Crippen molar-refractivity contribution in [2.45, 2.75) is 26.4 Å². The van der Waals surface area contributed by atoms with Gasteiger partial charge in [-0.15, -0.1) is 0 Å². The first-order chi connectivity index (χ1) is 11.4. The molecule has 1 unspecified atom stereocenters. The van der Waals surface area contributed by atoms with Crippen molar-refractivity contribution < 1.29 is 24.1 Å². The lowest BCUT2D eigenvalue weighted by molar-refractivity contribution is -0.0307. The van der Waals surface area contributed by atoms with Gasteiger partial charge in [0.1, 0.15) is 0 Å². The Morgan fingerprint density at radius 1 is 1.54 bits per heavy atom. The molecule has 1 aromatic carbocycles. The largest absolute Gasteiger partial charge is 0.504 e. The zero-order valence-electron chi connectivity index (χ0n) is 14.2. The predicted octanol–water partition coefficient (Wildman–Crippen LogP) is 2.53. The number of hydrogen-bond acceptors (Lipinski definition) is 6. The van der Waals surface area contributed by atoms with Crippen molar-refractivity contribution in [3.8, 4) is 11.5 Å². The van der Waals surface area contributed by atoms with Gasteiger partial charge in [0.15, 0.2) is 11.5 Å². The Morgan fingerprint density at radius 3 is 2.83 bits per heavy atom. The highest BCUT2D eigenvalue weighted by molar-refractivity contribution is 6.32. The number of carbonyl (C=O) groups excluding carboxylic acids is 1. The van der Waals surface area contributed by atoms with Gasteiger partial charge < -0.3 is 24.6 Å². The number of halogens is 1. The predicted molar refractivity (Wildman–Crippen MR) is 91.1 cm³/mol. The number of methoxy groups -OCH3 is 1. The zero-order chi connectivity index (χ0) is 17.7. The maximum Gasteiger partial charge on any atom is 0.338 e. The van der Waals surface area contributed by atoms with Gasteiger partial charge in [-0.3, -0.25) is 0 Å². The number of ether oxygens (including phenoxy) is 3. The number of phenols is 1. The van der Waals surface area contributed by atoms with Crippen molar-refractivity contribution >= 4 is 17.6 Å². The Hall–Kier alpha value is -1.50. The van der Waals surface area contributed by atoms with E-state index in [2.05, 4.69) is 10.1 Å². The second-order valence-electron chi connectivity index (χ2n) is 6.03. The Morgan fingerprint density at radius 2 is 2.25 bits per heavy atom. The molecule has 1 aliphatic heterocycles. The highest BCUT2D eigenvalue weighted by atomic mass is 35.5. The summed E-state index contributed by atoms with van der Waals surface area (Å²) in [5.74, 6) is 0.123. The molecule has 1 atom stereocenters. The van der Waals surface area contributed by atoms with Crippen LogP contribution in [0.25, 0.3) is 0 Å². The van der Waals surface area contributed by atoms with E-state index in [4.69, 9.17) is 21.1 Å². The van der Waals surface area contributed by atoms with E-state index in [9.17, 15) is 9.90 Å². The number of benzene rings is 1. The molecular weight excluding hydrogens is 334 g/mol. The minimum Gasteiger partial charge on any atom is -0.504 e. The van der Waals surface area contributed by atoms with Crippen LogP contribution in [0, 0.1) is 12.8 Å². The lowest BCUT2D eigenvalue weighted by atomic mass is 10.1. The van der Waals surface area contributed by atoms with Crippen LogP contribution in [0.1, 0.15) is 29.3 Å². The van der Waals surface area contributed by atoms with Gasteiger partial charge in [-0.2, -0.15) is 0 Å². The van der Waals surface area contributed by atoms with Gasteiger partial charge in [0.2, 0.25) is 0 Å².